The summed E-state index contributed by atoms with van der Waals surface area (Å²) < 4.78 is 4.91. The maximum atomic E-state index is 11.9. The van der Waals surface area contributed by atoms with Crippen LogP contribution in [-0.2, 0) is 32.2 Å². The number of amides is 1. The largest absolute Gasteiger partial charge is 0.453 e. The molecule has 1 saturated heterocycles. The summed E-state index contributed by atoms with van der Waals surface area (Å²) in [5.74, 6) is 0.516. The maximum Gasteiger partial charge on any atom is 0.409 e. The van der Waals surface area contributed by atoms with Gasteiger partial charge < -0.3 is 14.6 Å². The fourth-order valence-corrected chi connectivity index (χ4v) is 3.33. The van der Waals surface area contributed by atoms with Crippen LogP contribution in [0.5, 0.6) is 0 Å². The molecule has 0 saturated carbocycles. The second-order valence-electron chi connectivity index (χ2n) is 6.02. The minimum Gasteiger partial charge on any atom is -0.453 e. The van der Waals surface area contributed by atoms with Gasteiger partial charge in [-0.2, -0.15) is 24.6 Å². The summed E-state index contributed by atoms with van der Waals surface area (Å²) >= 11 is 4.24. The molecule has 1 N–H and O–H groups in total. The van der Waals surface area contributed by atoms with Gasteiger partial charge in [0.15, 0.2) is 0 Å². The SMILES string of the molecule is II.[CH2-]c1ccc2[nH]cc(CC3CC(C)CN3C(=O)OC)c2c1.[W]. The number of fused-ring (bicyclic) bond motifs is 1. The van der Waals surface area contributed by atoms with E-state index in [0.29, 0.717) is 5.92 Å². The summed E-state index contributed by atoms with van der Waals surface area (Å²) in [5.41, 5.74) is 3.37. The Morgan fingerprint density at radius 3 is 2.83 bits per heavy atom. The Balaban J connectivity index is 0.000000925. The summed E-state index contributed by atoms with van der Waals surface area (Å²) in [5, 5.41) is 1.20. The van der Waals surface area contributed by atoms with Crippen molar-refractivity contribution in [3.8, 4) is 0 Å². The average molecular weight is 723 g/mol. The van der Waals surface area contributed by atoms with E-state index >= 15 is 0 Å². The molecule has 132 valence electrons. The minimum atomic E-state index is -0.220. The number of hydrogen-bond donors (Lipinski definition) is 1. The van der Waals surface area contributed by atoms with Gasteiger partial charge in [0, 0.05) is 82.6 Å². The molecule has 0 spiro atoms. The van der Waals surface area contributed by atoms with Crippen LogP contribution in [0.15, 0.2) is 24.4 Å². The number of aromatic amines is 1. The molecular weight excluding hydrogens is 702 g/mol. The second kappa shape index (κ2) is 10.3. The number of nitrogens with one attached hydrogen (secondary N) is 1. The number of nitrogens with zero attached hydrogens (tertiary/aromatic N) is 1. The maximum absolute atomic E-state index is 11.9. The molecular formula is C17H21I2N2O2W-. The zero-order valence-electron chi connectivity index (χ0n) is 13.7. The van der Waals surface area contributed by atoms with Gasteiger partial charge in [0.05, 0.1) is 7.11 Å². The minimum absolute atomic E-state index is 0. The molecule has 1 aromatic heterocycles. The van der Waals surface area contributed by atoms with Crippen LogP contribution in [0, 0.1) is 12.8 Å². The molecule has 0 aliphatic carbocycles. The van der Waals surface area contributed by atoms with E-state index in [1.807, 2.05) is 17.2 Å². The molecule has 2 atom stereocenters. The number of H-pyrrole nitrogens is 1. The first-order valence-corrected chi connectivity index (χ1v) is 13.8. The van der Waals surface area contributed by atoms with E-state index in [-0.39, 0.29) is 33.2 Å². The van der Waals surface area contributed by atoms with Crippen molar-refractivity contribution in [3.63, 3.8) is 0 Å². The molecule has 2 aromatic rings. The van der Waals surface area contributed by atoms with E-state index in [2.05, 4.69) is 68.2 Å². The van der Waals surface area contributed by atoms with Crippen LogP contribution in [-0.4, -0.2) is 35.7 Å². The van der Waals surface area contributed by atoms with E-state index in [1.54, 1.807) is 0 Å². The third kappa shape index (κ3) is 5.03. The number of methoxy groups -OCH3 is 1. The number of benzene rings is 1. The molecule has 24 heavy (non-hydrogen) atoms. The number of hydrogen-bond acceptors (Lipinski definition) is 2. The summed E-state index contributed by atoms with van der Waals surface area (Å²) in [6.07, 6.45) is 3.69. The molecule has 1 aliphatic heterocycles. The van der Waals surface area contributed by atoms with Gasteiger partial charge in [0.1, 0.15) is 0 Å². The second-order valence-corrected chi connectivity index (χ2v) is 6.02. The zero-order chi connectivity index (χ0) is 17.0. The standard InChI is InChI=1S/C17H21N2O2.I2.W/c1-11-4-5-16-15(7-11)13(9-18-16)8-14-6-12(2)10-19(14)17(20)21-3;1-2;/h4-5,7,9,12,14,18H,1,6,8,10H2,2-3H3;;/q-1;;. The van der Waals surface area contributed by atoms with Gasteiger partial charge in [0.25, 0.3) is 0 Å². The molecule has 1 aliphatic rings. The predicted molar refractivity (Wildman–Crippen MR) is 111 cm³/mol. The van der Waals surface area contributed by atoms with E-state index in [1.165, 1.54) is 18.1 Å². The number of carbonyl (C=O) groups excluding carboxylic acids is 1. The average Bonchev–Trinajstić information content (AvgIpc) is 3.12. The Labute approximate surface area is 181 Å². The number of ether oxygens (including phenoxy) is 1. The number of likely N-dealkylation sites (tertiary alicyclic amines) is 1. The summed E-state index contributed by atoms with van der Waals surface area (Å²) in [6, 6.07) is 6.36. The van der Waals surface area contributed by atoms with Crippen LogP contribution < -0.4 is 0 Å². The third-order valence-corrected chi connectivity index (χ3v) is 4.32. The van der Waals surface area contributed by atoms with Crippen LogP contribution in [0.2, 0.25) is 0 Å². The van der Waals surface area contributed by atoms with Crippen molar-refractivity contribution >= 4 is 54.2 Å². The Kier molecular flexibility index (Phi) is 9.44. The number of halogens is 2. The molecule has 3 rings (SSSR count). The van der Waals surface area contributed by atoms with E-state index < -0.39 is 0 Å². The van der Waals surface area contributed by atoms with E-state index in [4.69, 9.17) is 4.74 Å². The first kappa shape index (κ1) is 22.1. The fourth-order valence-electron chi connectivity index (χ4n) is 3.33. The third-order valence-electron chi connectivity index (χ3n) is 4.32. The number of rotatable bonds is 2. The summed E-state index contributed by atoms with van der Waals surface area (Å²) in [7, 11) is 1.45. The van der Waals surface area contributed by atoms with E-state index in [0.717, 1.165) is 30.5 Å². The van der Waals surface area contributed by atoms with E-state index in [9.17, 15) is 4.79 Å². The van der Waals surface area contributed by atoms with Crippen molar-refractivity contribution in [3.05, 3.63) is 42.4 Å². The topological polar surface area (TPSA) is 45.3 Å². The van der Waals surface area contributed by atoms with Crippen molar-refractivity contribution in [1.82, 2.24) is 9.88 Å². The summed E-state index contributed by atoms with van der Waals surface area (Å²) in [4.78, 5) is 17.1. The van der Waals surface area contributed by atoms with Crippen molar-refractivity contribution in [2.45, 2.75) is 25.8 Å². The van der Waals surface area contributed by atoms with Gasteiger partial charge in [-0.15, -0.1) is 0 Å². The van der Waals surface area contributed by atoms with Crippen molar-refractivity contribution in [2.75, 3.05) is 13.7 Å². The van der Waals surface area contributed by atoms with Gasteiger partial charge in [-0.05, 0) is 24.3 Å². The molecule has 2 unspecified atom stereocenters. The quantitative estimate of drug-likeness (QED) is 0.345. The van der Waals surface area contributed by atoms with Crippen molar-refractivity contribution in [2.24, 2.45) is 5.92 Å². The molecule has 0 bridgehead atoms. The zero-order valence-corrected chi connectivity index (χ0v) is 21.0. The number of aromatic nitrogens is 1. The van der Waals surface area contributed by atoms with Gasteiger partial charge in [-0.1, -0.05) is 18.4 Å². The Morgan fingerprint density at radius 1 is 1.46 bits per heavy atom. The van der Waals surface area contributed by atoms with Crippen LogP contribution >= 0.6 is 37.2 Å². The molecule has 0 radical (unpaired) electrons. The van der Waals surface area contributed by atoms with Gasteiger partial charge in [-0.3, -0.25) is 0 Å². The molecule has 7 heteroatoms. The fraction of sp³-hybridized carbons (Fsp3) is 0.412. The van der Waals surface area contributed by atoms with Crippen molar-refractivity contribution < 1.29 is 30.6 Å². The van der Waals surface area contributed by atoms with Gasteiger partial charge in [-0.25, -0.2) is 4.79 Å². The van der Waals surface area contributed by atoms with Crippen LogP contribution in [0.3, 0.4) is 0 Å². The normalized spacial score (nSPS) is 19.4. The van der Waals surface area contributed by atoms with Crippen LogP contribution in [0.25, 0.3) is 10.9 Å². The Bertz CT molecular complexity index is 678. The smallest absolute Gasteiger partial charge is 0.409 e. The molecule has 1 aromatic carbocycles. The first-order chi connectivity index (χ1) is 11.1. The molecule has 2 heterocycles. The Morgan fingerprint density at radius 2 is 2.17 bits per heavy atom. The van der Waals surface area contributed by atoms with Crippen LogP contribution in [0.1, 0.15) is 24.5 Å². The van der Waals surface area contributed by atoms with Gasteiger partial charge >= 0.3 is 6.09 Å². The first-order valence-electron chi connectivity index (χ1n) is 7.49. The summed E-state index contributed by atoms with van der Waals surface area (Å²) in [6.45, 7) is 6.95. The molecule has 4 nitrogen and oxygen atoms in total. The van der Waals surface area contributed by atoms with Crippen molar-refractivity contribution in [1.29, 1.82) is 0 Å². The molecule has 1 amide bonds. The molecule has 1 fully saturated rings. The number of carbonyl (C=O) groups is 1. The predicted octanol–water partition coefficient (Wildman–Crippen LogP) is 5.14. The Hall–Kier alpha value is 0.0483. The monoisotopic (exact) mass is 723 g/mol. The van der Waals surface area contributed by atoms with Gasteiger partial charge in [0.2, 0.25) is 0 Å². The van der Waals surface area contributed by atoms with Crippen LogP contribution in [0.4, 0.5) is 4.79 Å².